The number of aromatic nitrogens is 1. The van der Waals surface area contributed by atoms with E-state index in [1.165, 1.54) is 6.07 Å². The number of carbonyl (C=O) groups excluding carboxylic acids is 1. The standard InChI is InChI=1S/C23H25FN4O/c1-14-4-3-5-20(24)23(14)16-10-17-13-26-22(25)12-19(17)21(11-16)28-8-6-18(7-9-28)27-15(2)29/h3-5,10-13,18H,6-9H2,1-2H3,(H2,25,26)(H,27,29). The molecule has 5 nitrogen and oxygen atoms in total. The van der Waals surface area contributed by atoms with Crippen LogP contribution in [0.3, 0.4) is 0 Å². The average molecular weight is 392 g/mol. The molecule has 6 heteroatoms. The molecule has 0 spiro atoms. The van der Waals surface area contributed by atoms with Gasteiger partial charge in [0.2, 0.25) is 5.91 Å². The molecule has 29 heavy (non-hydrogen) atoms. The molecule has 2 aromatic carbocycles. The molecule has 2 heterocycles. The number of rotatable bonds is 3. The quantitative estimate of drug-likeness (QED) is 0.706. The Balaban J connectivity index is 1.78. The van der Waals surface area contributed by atoms with Crippen LogP contribution >= 0.6 is 0 Å². The summed E-state index contributed by atoms with van der Waals surface area (Å²) in [5.41, 5.74) is 9.32. The predicted molar refractivity (Wildman–Crippen MR) is 115 cm³/mol. The van der Waals surface area contributed by atoms with E-state index in [4.69, 9.17) is 5.73 Å². The Morgan fingerprint density at radius 2 is 2.00 bits per heavy atom. The van der Waals surface area contributed by atoms with Crippen LogP contribution in [0.15, 0.2) is 42.6 Å². The van der Waals surface area contributed by atoms with Crippen molar-refractivity contribution in [3.8, 4) is 11.1 Å². The molecule has 1 amide bonds. The Labute approximate surface area is 169 Å². The van der Waals surface area contributed by atoms with E-state index in [9.17, 15) is 9.18 Å². The average Bonchev–Trinajstić information content (AvgIpc) is 2.68. The molecule has 1 aliphatic rings. The predicted octanol–water partition coefficient (Wildman–Crippen LogP) is 4.04. The fourth-order valence-corrected chi connectivity index (χ4v) is 4.21. The molecule has 1 aromatic heterocycles. The highest BCUT2D eigenvalue weighted by molar-refractivity contribution is 5.99. The van der Waals surface area contributed by atoms with Crippen molar-refractivity contribution in [2.24, 2.45) is 0 Å². The highest BCUT2D eigenvalue weighted by Crippen LogP contribution is 2.37. The Hall–Kier alpha value is -3.15. The maximum Gasteiger partial charge on any atom is 0.217 e. The zero-order valence-electron chi connectivity index (χ0n) is 16.7. The zero-order valence-corrected chi connectivity index (χ0v) is 16.7. The lowest BCUT2D eigenvalue weighted by Gasteiger charge is -2.35. The highest BCUT2D eigenvalue weighted by Gasteiger charge is 2.22. The number of benzene rings is 2. The van der Waals surface area contributed by atoms with Crippen molar-refractivity contribution < 1.29 is 9.18 Å². The summed E-state index contributed by atoms with van der Waals surface area (Å²) < 4.78 is 14.7. The molecule has 0 unspecified atom stereocenters. The van der Waals surface area contributed by atoms with Crippen molar-refractivity contribution in [1.29, 1.82) is 0 Å². The van der Waals surface area contributed by atoms with Crippen LogP contribution in [-0.4, -0.2) is 30.0 Å². The smallest absolute Gasteiger partial charge is 0.217 e. The number of hydrogen-bond acceptors (Lipinski definition) is 4. The van der Waals surface area contributed by atoms with Gasteiger partial charge in [-0.3, -0.25) is 4.79 Å². The summed E-state index contributed by atoms with van der Waals surface area (Å²) >= 11 is 0. The number of nitrogens with one attached hydrogen (secondary N) is 1. The molecule has 1 saturated heterocycles. The molecule has 0 radical (unpaired) electrons. The fraction of sp³-hybridized carbons (Fsp3) is 0.304. The van der Waals surface area contributed by atoms with Crippen LogP contribution in [0.1, 0.15) is 25.3 Å². The van der Waals surface area contributed by atoms with Crippen molar-refractivity contribution in [3.63, 3.8) is 0 Å². The van der Waals surface area contributed by atoms with Gasteiger partial charge in [-0.1, -0.05) is 12.1 Å². The first-order valence-electron chi connectivity index (χ1n) is 9.89. The summed E-state index contributed by atoms with van der Waals surface area (Å²) in [6, 6.07) is 11.2. The largest absolute Gasteiger partial charge is 0.384 e. The summed E-state index contributed by atoms with van der Waals surface area (Å²) in [7, 11) is 0. The molecule has 0 aliphatic carbocycles. The third kappa shape index (κ3) is 3.88. The first-order chi connectivity index (χ1) is 13.9. The number of aryl methyl sites for hydroxylation is 1. The fourth-order valence-electron chi connectivity index (χ4n) is 4.21. The van der Waals surface area contributed by atoms with Gasteiger partial charge in [0.25, 0.3) is 0 Å². The second-order valence-corrected chi connectivity index (χ2v) is 7.72. The Morgan fingerprint density at radius 3 is 2.69 bits per heavy atom. The van der Waals surface area contributed by atoms with Gasteiger partial charge in [-0.2, -0.15) is 0 Å². The second kappa shape index (κ2) is 7.70. The number of piperidine rings is 1. The zero-order chi connectivity index (χ0) is 20.5. The van der Waals surface area contributed by atoms with Crippen LogP contribution in [-0.2, 0) is 4.79 Å². The van der Waals surface area contributed by atoms with Gasteiger partial charge in [0.15, 0.2) is 0 Å². The number of pyridine rings is 1. The van der Waals surface area contributed by atoms with Gasteiger partial charge < -0.3 is 16.0 Å². The summed E-state index contributed by atoms with van der Waals surface area (Å²) in [6.45, 7) is 5.09. The van der Waals surface area contributed by atoms with Gasteiger partial charge in [0.05, 0.1) is 0 Å². The molecular weight excluding hydrogens is 367 g/mol. The van der Waals surface area contributed by atoms with Crippen LogP contribution in [0.4, 0.5) is 15.9 Å². The number of amides is 1. The molecule has 0 bridgehead atoms. The lowest BCUT2D eigenvalue weighted by atomic mass is 9.95. The topological polar surface area (TPSA) is 71.2 Å². The number of nitrogens with zero attached hydrogens (tertiary/aromatic N) is 2. The van der Waals surface area contributed by atoms with Crippen LogP contribution < -0.4 is 16.0 Å². The van der Waals surface area contributed by atoms with Gasteiger partial charge in [-0.05, 0) is 55.2 Å². The molecule has 150 valence electrons. The second-order valence-electron chi connectivity index (χ2n) is 7.72. The van der Waals surface area contributed by atoms with E-state index in [1.807, 2.05) is 31.2 Å². The van der Waals surface area contributed by atoms with Crippen molar-refractivity contribution in [1.82, 2.24) is 10.3 Å². The molecule has 0 saturated carbocycles. The highest BCUT2D eigenvalue weighted by atomic mass is 19.1. The molecular formula is C23H25FN4O. The summed E-state index contributed by atoms with van der Waals surface area (Å²) in [5, 5.41) is 4.94. The molecule has 3 aromatic rings. The minimum Gasteiger partial charge on any atom is -0.384 e. The molecule has 1 aliphatic heterocycles. The van der Waals surface area contributed by atoms with E-state index < -0.39 is 0 Å². The van der Waals surface area contributed by atoms with Crippen LogP contribution in [0.25, 0.3) is 21.9 Å². The number of fused-ring (bicyclic) bond motifs is 1. The van der Waals surface area contributed by atoms with Gasteiger partial charge >= 0.3 is 0 Å². The van der Waals surface area contributed by atoms with Gasteiger partial charge in [0.1, 0.15) is 11.6 Å². The molecule has 4 rings (SSSR count). The number of nitrogens with two attached hydrogens (primary N) is 1. The van der Waals surface area contributed by atoms with Crippen molar-refractivity contribution in [2.75, 3.05) is 23.7 Å². The number of halogens is 1. The van der Waals surface area contributed by atoms with E-state index in [2.05, 4.69) is 15.2 Å². The van der Waals surface area contributed by atoms with E-state index >= 15 is 0 Å². The number of nitrogen functional groups attached to an aromatic ring is 1. The minimum absolute atomic E-state index is 0.00442. The Morgan fingerprint density at radius 1 is 1.24 bits per heavy atom. The van der Waals surface area contributed by atoms with Crippen molar-refractivity contribution in [3.05, 3.63) is 54.0 Å². The number of carbonyl (C=O) groups is 1. The summed E-state index contributed by atoms with van der Waals surface area (Å²) in [4.78, 5) is 17.9. The minimum atomic E-state index is -0.233. The third-order valence-electron chi connectivity index (χ3n) is 5.59. The molecule has 0 atom stereocenters. The molecule has 3 N–H and O–H groups in total. The lowest BCUT2D eigenvalue weighted by molar-refractivity contribution is -0.119. The Bertz CT molecular complexity index is 1050. The number of anilines is 2. The SMILES string of the molecule is CC(=O)NC1CCN(c2cc(-c3c(C)cccc3F)cc3cnc(N)cc23)CC1. The van der Waals surface area contributed by atoms with E-state index in [0.29, 0.717) is 11.4 Å². The lowest BCUT2D eigenvalue weighted by Crippen LogP contribution is -2.44. The first kappa shape index (κ1) is 19.2. The monoisotopic (exact) mass is 392 g/mol. The maximum absolute atomic E-state index is 14.7. The van der Waals surface area contributed by atoms with E-state index in [-0.39, 0.29) is 17.8 Å². The normalized spacial score (nSPS) is 14.9. The van der Waals surface area contributed by atoms with E-state index in [0.717, 1.165) is 53.5 Å². The van der Waals surface area contributed by atoms with Gasteiger partial charge in [-0.15, -0.1) is 0 Å². The van der Waals surface area contributed by atoms with Crippen molar-refractivity contribution >= 4 is 28.2 Å². The van der Waals surface area contributed by atoms with Crippen molar-refractivity contribution in [2.45, 2.75) is 32.7 Å². The Kier molecular flexibility index (Phi) is 5.09. The van der Waals surface area contributed by atoms with Crippen LogP contribution in [0.5, 0.6) is 0 Å². The van der Waals surface area contributed by atoms with Crippen LogP contribution in [0.2, 0.25) is 0 Å². The summed E-state index contributed by atoms with van der Waals surface area (Å²) in [5.74, 6) is 0.231. The first-order valence-corrected chi connectivity index (χ1v) is 9.89. The van der Waals surface area contributed by atoms with E-state index in [1.54, 1.807) is 19.2 Å². The third-order valence-corrected chi connectivity index (χ3v) is 5.59. The van der Waals surface area contributed by atoms with Gasteiger partial charge in [-0.25, -0.2) is 9.37 Å². The maximum atomic E-state index is 14.7. The van der Waals surface area contributed by atoms with Gasteiger partial charge in [0, 0.05) is 54.3 Å². The number of hydrogen-bond donors (Lipinski definition) is 2. The molecule has 1 fully saturated rings. The van der Waals surface area contributed by atoms with Crippen LogP contribution in [0, 0.1) is 12.7 Å². The summed E-state index contributed by atoms with van der Waals surface area (Å²) in [6.07, 6.45) is 3.48.